The molecule has 0 aromatic heterocycles. The molecule has 0 atom stereocenters. The van der Waals surface area contributed by atoms with Crippen molar-refractivity contribution in [3.63, 3.8) is 0 Å². The van der Waals surface area contributed by atoms with Gasteiger partial charge in [0.2, 0.25) is 5.91 Å². The fourth-order valence-corrected chi connectivity index (χ4v) is 2.85. The maximum atomic E-state index is 11.7. The van der Waals surface area contributed by atoms with E-state index in [0.29, 0.717) is 12.8 Å². The molecule has 1 aliphatic carbocycles. The molecule has 1 aliphatic rings. The molecule has 1 saturated carbocycles. The number of carbonyl (C=O) groups excluding carboxylic acids is 1. The van der Waals surface area contributed by atoms with E-state index in [1.165, 1.54) is 6.92 Å². The normalized spacial score (nSPS) is 19.5. The van der Waals surface area contributed by atoms with Crippen molar-refractivity contribution in [3.8, 4) is 0 Å². The van der Waals surface area contributed by atoms with Gasteiger partial charge < -0.3 is 10.0 Å². The molecule has 92 valence electrons. The van der Waals surface area contributed by atoms with Gasteiger partial charge in [0.05, 0.1) is 0 Å². The molecule has 1 rings (SSSR count). The standard InChI is InChI=1S/C12H21NO3/c1-9(2)13(10(3)14)12(11(15)16)7-5-4-6-8-12/h9H,4-8H2,1-3H3,(H,15,16). The maximum Gasteiger partial charge on any atom is 0.329 e. The van der Waals surface area contributed by atoms with Crippen LogP contribution in [0.1, 0.15) is 52.9 Å². The summed E-state index contributed by atoms with van der Waals surface area (Å²) in [5.74, 6) is -0.990. The predicted molar refractivity (Wildman–Crippen MR) is 61.1 cm³/mol. The van der Waals surface area contributed by atoms with Gasteiger partial charge in [-0.3, -0.25) is 4.79 Å². The van der Waals surface area contributed by atoms with Crippen molar-refractivity contribution in [2.45, 2.75) is 64.5 Å². The number of hydrogen-bond donors (Lipinski definition) is 1. The lowest BCUT2D eigenvalue weighted by Crippen LogP contribution is -2.60. The van der Waals surface area contributed by atoms with Gasteiger partial charge in [-0.25, -0.2) is 4.79 Å². The Kier molecular flexibility index (Phi) is 3.94. The number of carboxylic acid groups (broad SMARTS) is 1. The number of carbonyl (C=O) groups is 2. The Morgan fingerprint density at radius 3 is 2.00 bits per heavy atom. The third-order valence-corrected chi connectivity index (χ3v) is 3.40. The smallest absolute Gasteiger partial charge is 0.329 e. The summed E-state index contributed by atoms with van der Waals surface area (Å²) in [5.41, 5.74) is -0.960. The molecular weight excluding hydrogens is 206 g/mol. The van der Waals surface area contributed by atoms with Gasteiger partial charge in [-0.2, -0.15) is 0 Å². The van der Waals surface area contributed by atoms with E-state index in [4.69, 9.17) is 0 Å². The van der Waals surface area contributed by atoms with Crippen LogP contribution in [0.4, 0.5) is 0 Å². The summed E-state index contributed by atoms with van der Waals surface area (Å²) >= 11 is 0. The van der Waals surface area contributed by atoms with Crippen molar-refractivity contribution >= 4 is 11.9 Å². The second kappa shape index (κ2) is 4.85. The van der Waals surface area contributed by atoms with E-state index in [1.807, 2.05) is 13.8 Å². The van der Waals surface area contributed by atoms with Crippen LogP contribution in [0.15, 0.2) is 0 Å². The minimum Gasteiger partial charge on any atom is -0.479 e. The number of carboxylic acids is 1. The highest BCUT2D eigenvalue weighted by Crippen LogP contribution is 2.35. The van der Waals surface area contributed by atoms with Crippen LogP contribution in [0.3, 0.4) is 0 Å². The highest BCUT2D eigenvalue weighted by atomic mass is 16.4. The highest BCUT2D eigenvalue weighted by Gasteiger charge is 2.47. The lowest BCUT2D eigenvalue weighted by molar-refractivity contribution is -0.163. The lowest BCUT2D eigenvalue weighted by atomic mass is 9.79. The van der Waals surface area contributed by atoms with E-state index in [-0.39, 0.29) is 11.9 Å². The largest absolute Gasteiger partial charge is 0.479 e. The summed E-state index contributed by atoms with van der Waals surface area (Å²) in [6.07, 6.45) is 4.02. The zero-order valence-electron chi connectivity index (χ0n) is 10.3. The van der Waals surface area contributed by atoms with Crippen molar-refractivity contribution in [2.75, 3.05) is 0 Å². The molecule has 0 aromatic rings. The number of hydrogen-bond acceptors (Lipinski definition) is 2. The molecule has 0 bridgehead atoms. The third kappa shape index (κ3) is 2.20. The van der Waals surface area contributed by atoms with Gasteiger partial charge >= 0.3 is 5.97 Å². The second-order valence-corrected chi connectivity index (χ2v) is 4.88. The molecule has 1 N–H and O–H groups in total. The third-order valence-electron chi connectivity index (χ3n) is 3.40. The summed E-state index contributed by atoms with van der Waals surface area (Å²) in [6.45, 7) is 5.21. The molecular formula is C12H21NO3. The molecule has 0 heterocycles. The van der Waals surface area contributed by atoms with E-state index >= 15 is 0 Å². The molecule has 4 nitrogen and oxygen atoms in total. The van der Waals surface area contributed by atoms with Crippen LogP contribution in [0, 0.1) is 0 Å². The van der Waals surface area contributed by atoms with Crippen LogP contribution in [0.2, 0.25) is 0 Å². The van der Waals surface area contributed by atoms with Crippen LogP contribution < -0.4 is 0 Å². The van der Waals surface area contributed by atoms with Crippen LogP contribution >= 0.6 is 0 Å². The maximum absolute atomic E-state index is 11.7. The number of amides is 1. The van der Waals surface area contributed by atoms with E-state index < -0.39 is 11.5 Å². The van der Waals surface area contributed by atoms with Crippen molar-refractivity contribution in [1.82, 2.24) is 4.90 Å². The van der Waals surface area contributed by atoms with Gasteiger partial charge in [-0.05, 0) is 26.7 Å². The highest BCUT2D eigenvalue weighted by molar-refractivity contribution is 5.86. The van der Waals surface area contributed by atoms with E-state index in [0.717, 1.165) is 19.3 Å². The molecule has 16 heavy (non-hydrogen) atoms. The Balaban J connectivity index is 3.07. The molecule has 0 aromatic carbocycles. The topological polar surface area (TPSA) is 57.6 Å². The molecule has 0 unspecified atom stereocenters. The van der Waals surface area contributed by atoms with Gasteiger partial charge in [0.15, 0.2) is 0 Å². The first-order valence-corrected chi connectivity index (χ1v) is 5.95. The van der Waals surface area contributed by atoms with Crippen molar-refractivity contribution in [3.05, 3.63) is 0 Å². The summed E-state index contributed by atoms with van der Waals surface area (Å²) in [6, 6.07) is -0.0632. The monoisotopic (exact) mass is 227 g/mol. The van der Waals surface area contributed by atoms with Gasteiger partial charge in [-0.15, -0.1) is 0 Å². The zero-order chi connectivity index (χ0) is 12.3. The first kappa shape index (κ1) is 13.0. The molecule has 1 amide bonds. The van der Waals surface area contributed by atoms with Crippen molar-refractivity contribution < 1.29 is 14.7 Å². The van der Waals surface area contributed by atoms with E-state index in [2.05, 4.69) is 0 Å². The Hall–Kier alpha value is -1.06. The first-order chi connectivity index (χ1) is 7.42. The van der Waals surface area contributed by atoms with Crippen LogP contribution in [-0.4, -0.2) is 33.5 Å². The fourth-order valence-electron chi connectivity index (χ4n) is 2.85. The van der Waals surface area contributed by atoms with Gasteiger partial charge in [0, 0.05) is 13.0 Å². The molecule has 0 spiro atoms. The van der Waals surface area contributed by atoms with Crippen LogP contribution in [0.5, 0.6) is 0 Å². The summed E-state index contributed by atoms with van der Waals surface area (Å²) in [4.78, 5) is 24.7. The average Bonchev–Trinajstić information content (AvgIpc) is 2.17. The van der Waals surface area contributed by atoms with Gasteiger partial charge in [-0.1, -0.05) is 19.3 Å². The molecule has 0 saturated heterocycles. The minimum atomic E-state index is -0.960. The van der Waals surface area contributed by atoms with Crippen molar-refractivity contribution in [2.24, 2.45) is 0 Å². The predicted octanol–water partition coefficient (Wildman–Crippen LogP) is 2.03. The number of rotatable bonds is 3. The summed E-state index contributed by atoms with van der Waals surface area (Å²) in [5, 5.41) is 9.46. The van der Waals surface area contributed by atoms with Gasteiger partial charge in [0.1, 0.15) is 5.54 Å². The Morgan fingerprint density at radius 1 is 1.19 bits per heavy atom. The SMILES string of the molecule is CC(=O)N(C(C)C)C1(C(=O)O)CCCCC1. The number of nitrogens with zero attached hydrogens (tertiary/aromatic N) is 1. The molecule has 1 fully saturated rings. The van der Waals surface area contributed by atoms with E-state index in [1.54, 1.807) is 4.90 Å². The van der Waals surface area contributed by atoms with E-state index in [9.17, 15) is 14.7 Å². The summed E-state index contributed by atoms with van der Waals surface area (Å²) in [7, 11) is 0. The van der Waals surface area contributed by atoms with Crippen LogP contribution in [-0.2, 0) is 9.59 Å². The summed E-state index contributed by atoms with van der Waals surface area (Å²) < 4.78 is 0. The molecule has 0 radical (unpaired) electrons. The second-order valence-electron chi connectivity index (χ2n) is 4.88. The average molecular weight is 227 g/mol. The quantitative estimate of drug-likeness (QED) is 0.802. The minimum absolute atomic E-state index is 0.0632. The zero-order valence-corrected chi connectivity index (χ0v) is 10.3. The Labute approximate surface area is 96.6 Å². The number of aliphatic carboxylic acids is 1. The molecule has 4 heteroatoms. The first-order valence-electron chi connectivity index (χ1n) is 5.95. The lowest BCUT2D eigenvalue weighted by Gasteiger charge is -2.45. The fraction of sp³-hybridized carbons (Fsp3) is 0.833. The van der Waals surface area contributed by atoms with Crippen LogP contribution in [0.25, 0.3) is 0 Å². The van der Waals surface area contributed by atoms with Gasteiger partial charge in [0.25, 0.3) is 0 Å². The Bertz CT molecular complexity index is 280. The van der Waals surface area contributed by atoms with Crippen molar-refractivity contribution in [1.29, 1.82) is 0 Å². The Morgan fingerprint density at radius 2 is 1.69 bits per heavy atom. The molecule has 0 aliphatic heterocycles.